The lowest BCUT2D eigenvalue weighted by atomic mass is 10.0. The fourth-order valence-electron chi connectivity index (χ4n) is 1.82. The number of carbonyl (C=O) groups is 1. The molecule has 4 nitrogen and oxygen atoms in total. The molecule has 0 saturated carbocycles. The largest absolute Gasteiger partial charge is 0.480 e. The van der Waals surface area contributed by atoms with Gasteiger partial charge in [-0.15, -0.1) is 0 Å². The Morgan fingerprint density at radius 2 is 2.18 bits per heavy atom. The van der Waals surface area contributed by atoms with Crippen LogP contribution < -0.4 is 5.73 Å². The third-order valence-corrected chi connectivity index (χ3v) is 2.78. The maximum absolute atomic E-state index is 10.6. The number of aromatic nitrogens is 1. The molecule has 0 unspecified atom stereocenters. The number of hydrogen-bond donors (Lipinski definition) is 2. The Hall–Kier alpha value is -1.94. The van der Waals surface area contributed by atoms with Crippen molar-refractivity contribution < 1.29 is 9.90 Å². The lowest BCUT2D eigenvalue weighted by molar-refractivity contribution is -0.138. The van der Waals surface area contributed by atoms with Crippen LogP contribution in [0.25, 0.3) is 10.9 Å². The van der Waals surface area contributed by atoms with Crippen molar-refractivity contribution in [1.29, 1.82) is 0 Å². The van der Waals surface area contributed by atoms with Crippen LogP contribution >= 0.6 is 0 Å². The van der Waals surface area contributed by atoms with Crippen molar-refractivity contribution in [2.45, 2.75) is 18.9 Å². The molecule has 2 aromatic rings. The molecule has 1 heterocycles. The highest BCUT2D eigenvalue weighted by Crippen LogP contribution is 2.18. The minimum absolute atomic E-state index is 0.434. The molecule has 2 rings (SSSR count). The van der Waals surface area contributed by atoms with Gasteiger partial charge in [-0.3, -0.25) is 9.78 Å². The molecule has 0 radical (unpaired) electrons. The summed E-state index contributed by atoms with van der Waals surface area (Å²) >= 11 is 0. The summed E-state index contributed by atoms with van der Waals surface area (Å²) in [5.41, 5.74) is 7.51. The molecule has 88 valence electrons. The van der Waals surface area contributed by atoms with E-state index in [4.69, 9.17) is 10.8 Å². The zero-order valence-corrected chi connectivity index (χ0v) is 9.34. The van der Waals surface area contributed by atoms with Crippen LogP contribution in [0, 0.1) is 0 Å². The van der Waals surface area contributed by atoms with E-state index in [0.29, 0.717) is 12.8 Å². The minimum Gasteiger partial charge on any atom is -0.480 e. The Balaban J connectivity index is 2.21. The van der Waals surface area contributed by atoms with Gasteiger partial charge >= 0.3 is 5.97 Å². The van der Waals surface area contributed by atoms with Crippen LogP contribution in [-0.4, -0.2) is 22.1 Å². The van der Waals surface area contributed by atoms with Crippen molar-refractivity contribution in [2.24, 2.45) is 5.73 Å². The van der Waals surface area contributed by atoms with E-state index in [-0.39, 0.29) is 0 Å². The van der Waals surface area contributed by atoms with Gasteiger partial charge in [-0.25, -0.2) is 0 Å². The first-order valence-corrected chi connectivity index (χ1v) is 5.49. The third kappa shape index (κ3) is 2.60. The number of carboxylic acid groups (broad SMARTS) is 1. The van der Waals surface area contributed by atoms with Gasteiger partial charge in [-0.05, 0) is 30.5 Å². The number of carboxylic acids is 1. The summed E-state index contributed by atoms with van der Waals surface area (Å²) in [6.45, 7) is 0. The number of fused-ring (bicyclic) bond motifs is 1. The molecule has 1 atom stereocenters. The molecule has 1 aromatic heterocycles. The number of hydrogen-bond acceptors (Lipinski definition) is 3. The molecule has 0 aliphatic rings. The highest BCUT2D eigenvalue weighted by atomic mass is 16.4. The number of aliphatic carboxylic acids is 1. The first-order chi connectivity index (χ1) is 8.18. The number of rotatable bonds is 4. The van der Waals surface area contributed by atoms with Gasteiger partial charge in [0.25, 0.3) is 0 Å². The fourth-order valence-corrected chi connectivity index (χ4v) is 1.82. The second-order valence-corrected chi connectivity index (χ2v) is 3.97. The first kappa shape index (κ1) is 11.5. The lowest BCUT2D eigenvalue weighted by Crippen LogP contribution is -2.30. The fraction of sp³-hybridized carbons (Fsp3) is 0.231. The van der Waals surface area contributed by atoms with Gasteiger partial charge < -0.3 is 10.8 Å². The number of pyridine rings is 1. The van der Waals surface area contributed by atoms with Gasteiger partial charge in [0.2, 0.25) is 0 Å². The second kappa shape index (κ2) is 4.93. The molecule has 0 aliphatic carbocycles. The molecule has 0 spiro atoms. The predicted molar refractivity (Wildman–Crippen MR) is 65.7 cm³/mol. The van der Waals surface area contributed by atoms with Crippen molar-refractivity contribution in [3.8, 4) is 0 Å². The Kier molecular flexibility index (Phi) is 3.35. The van der Waals surface area contributed by atoms with Gasteiger partial charge in [0, 0.05) is 11.6 Å². The summed E-state index contributed by atoms with van der Waals surface area (Å²) in [5.74, 6) is -0.955. The minimum atomic E-state index is -0.955. The summed E-state index contributed by atoms with van der Waals surface area (Å²) in [6, 6.07) is 8.92. The first-order valence-electron chi connectivity index (χ1n) is 5.49. The van der Waals surface area contributed by atoms with Gasteiger partial charge in [0.05, 0.1) is 5.52 Å². The van der Waals surface area contributed by atoms with Gasteiger partial charge in [0.1, 0.15) is 6.04 Å². The van der Waals surface area contributed by atoms with Crippen molar-refractivity contribution in [1.82, 2.24) is 4.98 Å². The van der Waals surface area contributed by atoms with Crippen LogP contribution in [-0.2, 0) is 11.2 Å². The molecule has 1 aromatic carbocycles. The van der Waals surface area contributed by atoms with Gasteiger partial charge in [-0.1, -0.05) is 18.2 Å². The van der Waals surface area contributed by atoms with E-state index < -0.39 is 12.0 Å². The van der Waals surface area contributed by atoms with Crippen molar-refractivity contribution in [3.05, 3.63) is 42.1 Å². The van der Waals surface area contributed by atoms with Crippen molar-refractivity contribution >= 4 is 16.9 Å². The smallest absolute Gasteiger partial charge is 0.320 e. The zero-order valence-electron chi connectivity index (χ0n) is 9.34. The number of nitrogens with two attached hydrogens (primary N) is 1. The molecule has 0 bridgehead atoms. The summed E-state index contributed by atoms with van der Waals surface area (Å²) in [7, 11) is 0. The van der Waals surface area contributed by atoms with Crippen LogP contribution in [0.4, 0.5) is 0 Å². The van der Waals surface area contributed by atoms with E-state index in [1.165, 1.54) is 0 Å². The van der Waals surface area contributed by atoms with Crippen LogP contribution in [0.3, 0.4) is 0 Å². The van der Waals surface area contributed by atoms with E-state index in [0.717, 1.165) is 16.5 Å². The molecule has 4 heteroatoms. The molecule has 0 aliphatic heterocycles. The highest BCUT2D eigenvalue weighted by molar-refractivity contribution is 5.82. The van der Waals surface area contributed by atoms with Gasteiger partial charge in [0.15, 0.2) is 0 Å². The van der Waals surface area contributed by atoms with Crippen molar-refractivity contribution in [2.75, 3.05) is 0 Å². The Morgan fingerprint density at radius 3 is 2.94 bits per heavy atom. The molecule has 0 amide bonds. The predicted octanol–water partition coefficient (Wildman–Crippen LogP) is 1.58. The molecule has 0 saturated heterocycles. The molecular formula is C13H14N2O2. The van der Waals surface area contributed by atoms with E-state index in [9.17, 15) is 4.79 Å². The Labute approximate surface area is 99.1 Å². The summed E-state index contributed by atoms with van der Waals surface area (Å²) in [4.78, 5) is 14.9. The van der Waals surface area contributed by atoms with Crippen LogP contribution in [0.2, 0.25) is 0 Å². The second-order valence-electron chi connectivity index (χ2n) is 3.97. The van der Waals surface area contributed by atoms with E-state index in [1.54, 1.807) is 6.20 Å². The molecule has 17 heavy (non-hydrogen) atoms. The highest BCUT2D eigenvalue weighted by Gasteiger charge is 2.11. The quantitative estimate of drug-likeness (QED) is 0.836. The summed E-state index contributed by atoms with van der Waals surface area (Å²) in [5, 5.41) is 9.80. The number of benzene rings is 1. The molecular weight excluding hydrogens is 216 g/mol. The Morgan fingerprint density at radius 1 is 1.35 bits per heavy atom. The lowest BCUT2D eigenvalue weighted by Gasteiger charge is -2.08. The standard InChI is InChI=1S/C13H14N2O2/c14-11(13(16)17)7-6-9-3-1-5-12-10(9)4-2-8-15-12/h1-5,8,11H,6-7,14H2,(H,16,17)/t11-/m0/s1. The van der Waals surface area contributed by atoms with Crippen LogP contribution in [0.15, 0.2) is 36.5 Å². The normalized spacial score (nSPS) is 12.5. The van der Waals surface area contributed by atoms with Crippen LogP contribution in [0.5, 0.6) is 0 Å². The maximum atomic E-state index is 10.6. The van der Waals surface area contributed by atoms with Crippen LogP contribution in [0.1, 0.15) is 12.0 Å². The van der Waals surface area contributed by atoms with Gasteiger partial charge in [-0.2, -0.15) is 0 Å². The van der Waals surface area contributed by atoms with Crippen molar-refractivity contribution in [3.63, 3.8) is 0 Å². The average molecular weight is 230 g/mol. The van der Waals surface area contributed by atoms with E-state index >= 15 is 0 Å². The SMILES string of the molecule is N[C@@H](CCc1cccc2ncccc12)C(=O)O. The Bertz CT molecular complexity index is 534. The summed E-state index contributed by atoms with van der Waals surface area (Å²) in [6.07, 6.45) is 2.83. The number of nitrogens with zero attached hydrogens (tertiary/aromatic N) is 1. The molecule has 0 fully saturated rings. The van der Waals surface area contributed by atoms with E-state index in [2.05, 4.69) is 4.98 Å². The summed E-state index contributed by atoms with van der Waals surface area (Å²) < 4.78 is 0. The topological polar surface area (TPSA) is 76.2 Å². The molecule has 3 N–H and O–H groups in total. The third-order valence-electron chi connectivity index (χ3n) is 2.78. The maximum Gasteiger partial charge on any atom is 0.320 e. The monoisotopic (exact) mass is 230 g/mol. The van der Waals surface area contributed by atoms with E-state index in [1.807, 2.05) is 30.3 Å². The number of aryl methyl sites for hydroxylation is 1. The zero-order chi connectivity index (χ0) is 12.3. The average Bonchev–Trinajstić information content (AvgIpc) is 2.35.